The fourth-order valence-corrected chi connectivity index (χ4v) is 3.21. The topological polar surface area (TPSA) is 37.4 Å². The molecule has 1 aliphatic rings. The summed E-state index contributed by atoms with van der Waals surface area (Å²) in [6.45, 7) is 0.417. The Morgan fingerprint density at radius 1 is 1.00 bits per heavy atom. The van der Waals surface area contributed by atoms with E-state index in [4.69, 9.17) is 11.6 Å². The number of carbonyl (C=O) groups is 2. The monoisotopic (exact) mass is 381 g/mol. The minimum Gasteiger partial charge on any atom is -0.338 e. The standard InChI is InChI=1S/C19H15ClF3NO2/c20-13-5-3-11(4-6-13)18(25)12-2-1-9-24(10-12)19(26)14-7-8-15(21)17(23)16(14)22/h3-8,12H,1-2,9-10H2. The highest BCUT2D eigenvalue weighted by molar-refractivity contribution is 6.30. The number of rotatable bonds is 3. The van der Waals surface area contributed by atoms with Crippen LogP contribution in [0.15, 0.2) is 36.4 Å². The molecule has 1 aliphatic heterocycles. The third kappa shape index (κ3) is 3.60. The van der Waals surface area contributed by atoms with E-state index in [0.717, 1.165) is 6.07 Å². The third-order valence-corrected chi connectivity index (χ3v) is 4.73. The van der Waals surface area contributed by atoms with Crippen molar-refractivity contribution in [3.05, 3.63) is 70.0 Å². The molecule has 2 aromatic carbocycles. The molecule has 1 unspecified atom stereocenters. The van der Waals surface area contributed by atoms with Crippen molar-refractivity contribution in [3.8, 4) is 0 Å². The first-order valence-corrected chi connectivity index (χ1v) is 8.49. The molecule has 1 atom stereocenters. The van der Waals surface area contributed by atoms with Crippen LogP contribution >= 0.6 is 11.6 Å². The summed E-state index contributed by atoms with van der Waals surface area (Å²) in [4.78, 5) is 26.4. The minimum absolute atomic E-state index is 0.0960. The molecule has 3 nitrogen and oxygen atoms in total. The Morgan fingerprint density at radius 2 is 1.69 bits per heavy atom. The van der Waals surface area contributed by atoms with Crippen LogP contribution in [0.25, 0.3) is 0 Å². The van der Waals surface area contributed by atoms with E-state index < -0.39 is 34.8 Å². The van der Waals surface area contributed by atoms with Gasteiger partial charge in [0.15, 0.2) is 23.2 Å². The zero-order valence-electron chi connectivity index (χ0n) is 13.6. The van der Waals surface area contributed by atoms with Crippen LogP contribution in [0, 0.1) is 23.4 Å². The van der Waals surface area contributed by atoms with E-state index >= 15 is 0 Å². The van der Waals surface area contributed by atoms with E-state index in [1.807, 2.05) is 0 Å². The molecule has 1 amide bonds. The Bertz CT molecular complexity index is 855. The van der Waals surface area contributed by atoms with Gasteiger partial charge in [-0.3, -0.25) is 9.59 Å². The van der Waals surface area contributed by atoms with Crippen LogP contribution in [-0.2, 0) is 0 Å². The predicted molar refractivity (Wildman–Crippen MR) is 90.7 cm³/mol. The maximum Gasteiger partial charge on any atom is 0.256 e. The average Bonchev–Trinajstić information content (AvgIpc) is 2.66. The van der Waals surface area contributed by atoms with Gasteiger partial charge in [-0.05, 0) is 49.2 Å². The number of likely N-dealkylation sites (tertiary alicyclic amines) is 1. The van der Waals surface area contributed by atoms with Gasteiger partial charge in [0.25, 0.3) is 5.91 Å². The van der Waals surface area contributed by atoms with E-state index in [-0.39, 0.29) is 12.3 Å². The Balaban J connectivity index is 1.78. The molecule has 7 heteroatoms. The smallest absolute Gasteiger partial charge is 0.256 e. The van der Waals surface area contributed by atoms with Crippen molar-refractivity contribution >= 4 is 23.3 Å². The molecule has 0 aliphatic carbocycles. The molecular weight excluding hydrogens is 367 g/mol. The molecule has 3 rings (SSSR count). The second-order valence-electron chi connectivity index (χ2n) is 6.18. The van der Waals surface area contributed by atoms with Gasteiger partial charge in [-0.25, -0.2) is 13.2 Å². The lowest BCUT2D eigenvalue weighted by atomic mass is 9.89. The number of hydrogen-bond donors (Lipinski definition) is 0. The van der Waals surface area contributed by atoms with Gasteiger partial charge in [0.1, 0.15) is 0 Å². The maximum absolute atomic E-state index is 13.9. The highest BCUT2D eigenvalue weighted by Gasteiger charge is 2.31. The Kier molecular flexibility index (Phi) is 5.32. The lowest BCUT2D eigenvalue weighted by Crippen LogP contribution is -2.42. The van der Waals surface area contributed by atoms with Crippen molar-refractivity contribution in [2.45, 2.75) is 12.8 Å². The third-order valence-electron chi connectivity index (χ3n) is 4.47. The summed E-state index contributed by atoms with van der Waals surface area (Å²) in [5.74, 6) is -5.88. The predicted octanol–water partition coefficient (Wildman–Crippen LogP) is 4.49. The largest absolute Gasteiger partial charge is 0.338 e. The van der Waals surface area contributed by atoms with Gasteiger partial charge in [-0.15, -0.1) is 0 Å². The van der Waals surface area contributed by atoms with Gasteiger partial charge in [0.2, 0.25) is 0 Å². The van der Waals surface area contributed by atoms with Gasteiger partial charge < -0.3 is 4.90 Å². The van der Waals surface area contributed by atoms with Gasteiger partial charge in [0, 0.05) is 29.6 Å². The Hall–Kier alpha value is -2.34. The summed E-state index contributed by atoms with van der Waals surface area (Å²) in [5, 5.41) is 0.510. The van der Waals surface area contributed by atoms with Crippen LogP contribution in [0.2, 0.25) is 5.02 Å². The molecule has 0 N–H and O–H groups in total. The number of Topliss-reactive ketones (excluding diaryl/α,β-unsaturated/α-hetero) is 1. The van der Waals surface area contributed by atoms with Crippen LogP contribution in [0.4, 0.5) is 13.2 Å². The second kappa shape index (κ2) is 7.50. The van der Waals surface area contributed by atoms with Gasteiger partial charge in [0.05, 0.1) is 5.56 Å². The Morgan fingerprint density at radius 3 is 2.38 bits per heavy atom. The summed E-state index contributed by atoms with van der Waals surface area (Å²) in [7, 11) is 0. The fraction of sp³-hybridized carbons (Fsp3) is 0.263. The number of benzene rings is 2. The van der Waals surface area contributed by atoms with Crippen molar-refractivity contribution in [2.24, 2.45) is 5.92 Å². The number of piperidine rings is 1. The molecule has 2 aromatic rings. The molecule has 1 fully saturated rings. The molecule has 0 bridgehead atoms. The van der Waals surface area contributed by atoms with Crippen molar-refractivity contribution in [3.63, 3.8) is 0 Å². The quantitative estimate of drug-likeness (QED) is 0.580. The summed E-state index contributed by atoms with van der Waals surface area (Å²) in [5.41, 5.74) is -0.0591. The van der Waals surface area contributed by atoms with Gasteiger partial charge >= 0.3 is 0 Å². The van der Waals surface area contributed by atoms with E-state index in [1.54, 1.807) is 24.3 Å². The van der Waals surface area contributed by atoms with E-state index in [9.17, 15) is 22.8 Å². The molecule has 1 heterocycles. The summed E-state index contributed by atoms with van der Waals surface area (Å²) >= 11 is 5.82. The zero-order chi connectivity index (χ0) is 18.8. The SMILES string of the molecule is O=C(c1ccc(Cl)cc1)C1CCCN(C(=O)c2ccc(F)c(F)c2F)C1. The highest BCUT2D eigenvalue weighted by Crippen LogP contribution is 2.24. The lowest BCUT2D eigenvalue weighted by molar-refractivity contribution is 0.0632. The number of carbonyl (C=O) groups excluding carboxylic acids is 2. The van der Waals surface area contributed by atoms with E-state index in [2.05, 4.69) is 0 Å². The zero-order valence-corrected chi connectivity index (χ0v) is 14.4. The molecule has 0 spiro atoms. The van der Waals surface area contributed by atoms with Crippen molar-refractivity contribution in [1.82, 2.24) is 4.90 Å². The number of halogens is 4. The van der Waals surface area contributed by atoms with Crippen LogP contribution in [0.3, 0.4) is 0 Å². The number of ketones is 1. The normalized spacial score (nSPS) is 17.2. The van der Waals surface area contributed by atoms with Crippen molar-refractivity contribution in [2.75, 3.05) is 13.1 Å². The number of hydrogen-bond acceptors (Lipinski definition) is 2. The minimum atomic E-state index is -1.68. The van der Waals surface area contributed by atoms with Crippen molar-refractivity contribution < 1.29 is 22.8 Å². The summed E-state index contributed by atoms with van der Waals surface area (Å²) in [6, 6.07) is 8.07. The molecule has 0 radical (unpaired) electrons. The molecular formula is C19H15ClF3NO2. The molecule has 0 aromatic heterocycles. The summed E-state index contributed by atoms with van der Waals surface area (Å²) < 4.78 is 40.3. The lowest BCUT2D eigenvalue weighted by Gasteiger charge is -2.32. The highest BCUT2D eigenvalue weighted by atomic mass is 35.5. The van der Waals surface area contributed by atoms with E-state index in [1.165, 1.54) is 4.90 Å². The second-order valence-corrected chi connectivity index (χ2v) is 6.62. The van der Waals surface area contributed by atoms with Crippen molar-refractivity contribution in [1.29, 1.82) is 0 Å². The van der Waals surface area contributed by atoms with Crippen LogP contribution in [0.5, 0.6) is 0 Å². The van der Waals surface area contributed by atoms with Crippen LogP contribution < -0.4 is 0 Å². The Labute approximate surface area is 153 Å². The first-order chi connectivity index (χ1) is 12.4. The molecule has 0 saturated carbocycles. The molecule has 26 heavy (non-hydrogen) atoms. The number of amides is 1. The average molecular weight is 382 g/mol. The fourth-order valence-electron chi connectivity index (χ4n) is 3.09. The van der Waals surface area contributed by atoms with E-state index in [0.29, 0.717) is 36.0 Å². The maximum atomic E-state index is 13.9. The van der Waals surface area contributed by atoms with Gasteiger partial charge in [-0.2, -0.15) is 0 Å². The number of nitrogens with zero attached hydrogens (tertiary/aromatic N) is 1. The molecule has 1 saturated heterocycles. The summed E-state index contributed by atoms with van der Waals surface area (Å²) in [6.07, 6.45) is 1.15. The van der Waals surface area contributed by atoms with Gasteiger partial charge in [-0.1, -0.05) is 11.6 Å². The first kappa shape index (κ1) is 18.5. The van der Waals surface area contributed by atoms with Crippen LogP contribution in [0.1, 0.15) is 33.6 Å². The van der Waals surface area contributed by atoms with Crippen LogP contribution in [-0.4, -0.2) is 29.7 Å². The molecule has 136 valence electrons. The first-order valence-electron chi connectivity index (χ1n) is 8.11.